The molecule has 1 fully saturated rings. The fourth-order valence-electron chi connectivity index (χ4n) is 1.70. The Bertz CT molecular complexity index is 506. The summed E-state index contributed by atoms with van der Waals surface area (Å²) in [6.45, 7) is 0. The first-order valence-electron chi connectivity index (χ1n) is 5.15. The van der Waals surface area contributed by atoms with Gasteiger partial charge in [0.15, 0.2) is 0 Å². The SMILES string of the molecule is Clc1cc2ccccc2c(NC2CC2)n1. The molecule has 0 saturated heterocycles. The van der Waals surface area contributed by atoms with E-state index in [2.05, 4.69) is 22.4 Å². The summed E-state index contributed by atoms with van der Waals surface area (Å²) in [6.07, 6.45) is 2.48. The number of aromatic nitrogens is 1. The first kappa shape index (κ1) is 8.98. The lowest BCUT2D eigenvalue weighted by Crippen LogP contribution is -2.03. The van der Waals surface area contributed by atoms with Crippen LogP contribution < -0.4 is 5.32 Å². The fraction of sp³-hybridized carbons (Fsp3) is 0.250. The van der Waals surface area contributed by atoms with Crippen molar-refractivity contribution in [3.05, 3.63) is 35.5 Å². The topological polar surface area (TPSA) is 24.9 Å². The van der Waals surface area contributed by atoms with Gasteiger partial charge in [0.1, 0.15) is 11.0 Å². The Morgan fingerprint density at radius 2 is 2.07 bits per heavy atom. The van der Waals surface area contributed by atoms with E-state index in [4.69, 9.17) is 11.6 Å². The molecule has 0 unspecified atom stereocenters. The number of anilines is 1. The molecule has 0 amide bonds. The van der Waals surface area contributed by atoms with Gasteiger partial charge in [0, 0.05) is 11.4 Å². The number of benzene rings is 1. The summed E-state index contributed by atoms with van der Waals surface area (Å²) >= 11 is 5.98. The van der Waals surface area contributed by atoms with Crippen molar-refractivity contribution in [2.45, 2.75) is 18.9 Å². The smallest absolute Gasteiger partial charge is 0.135 e. The number of nitrogens with one attached hydrogen (secondary N) is 1. The lowest BCUT2D eigenvalue weighted by molar-refractivity contribution is 1.12. The van der Waals surface area contributed by atoms with Gasteiger partial charge >= 0.3 is 0 Å². The Hall–Kier alpha value is -1.28. The number of nitrogens with zero attached hydrogens (tertiary/aromatic N) is 1. The zero-order valence-corrected chi connectivity index (χ0v) is 8.96. The second-order valence-electron chi connectivity index (χ2n) is 3.93. The molecule has 0 aliphatic heterocycles. The molecule has 1 aromatic heterocycles. The first-order chi connectivity index (χ1) is 7.33. The molecule has 0 radical (unpaired) electrons. The number of halogens is 1. The summed E-state index contributed by atoms with van der Waals surface area (Å²) in [7, 11) is 0. The molecular weight excluding hydrogens is 208 g/mol. The molecule has 2 nitrogen and oxygen atoms in total. The minimum atomic E-state index is 0.553. The summed E-state index contributed by atoms with van der Waals surface area (Å²) < 4.78 is 0. The average molecular weight is 219 g/mol. The van der Waals surface area contributed by atoms with Gasteiger partial charge in [-0.2, -0.15) is 0 Å². The van der Waals surface area contributed by atoms with Gasteiger partial charge in [-0.15, -0.1) is 0 Å². The van der Waals surface area contributed by atoms with Gasteiger partial charge in [-0.05, 0) is 24.3 Å². The lowest BCUT2D eigenvalue weighted by atomic mass is 10.1. The van der Waals surface area contributed by atoms with Crippen molar-refractivity contribution >= 4 is 28.2 Å². The third-order valence-electron chi connectivity index (χ3n) is 2.63. The standard InChI is InChI=1S/C12H11ClN2/c13-11-7-8-3-1-2-4-10(8)12(15-11)14-9-5-6-9/h1-4,7,9H,5-6H2,(H,14,15). The molecule has 2 aromatic rings. The highest BCUT2D eigenvalue weighted by atomic mass is 35.5. The molecule has 1 aliphatic carbocycles. The van der Waals surface area contributed by atoms with E-state index >= 15 is 0 Å². The molecule has 0 spiro atoms. The van der Waals surface area contributed by atoms with Gasteiger partial charge in [-0.3, -0.25) is 0 Å². The van der Waals surface area contributed by atoms with Gasteiger partial charge in [0.25, 0.3) is 0 Å². The Morgan fingerprint density at radius 3 is 2.87 bits per heavy atom. The van der Waals surface area contributed by atoms with Crippen molar-refractivity contribution in [2.24, 2.45) is 0 Å². The minimum Gasteiger partial charge on any atom is -0.367 e. The average Bonchev–Trinajstić information content (AvgIpc) is 3.01. The van der Waals surface area contributed by atoms with Crippen molar-refractivity contribution in [2.75, 3.05) is 5.32 Å². The van der Waals surface area contributed by atoms with Crippen LogP contribution in [-0.4, -0.2) is 11.0 Å². The fourth-order valence-corrected chi connectivity index (χ4v) is 1.90. The number of hydrogen-bond donors (Lipinski definition) is 1. The maximum Gasteiger partial charge on any atom is 0.135 e. The number of fused-ring (bicyclic) bond motifs is 1. The summed E-state index contributed by atoms with van der Waals surface area (Å²) in [5.74, 6) is 0.917. The molecule has 15 heavy (non-hydrogen) atoms. The summed E-state index contributed by atoms with van der Waals surface area (Å²) in [4.78, 5) is 4.34. The molecule has 1 saturated carbocycles. The van der Waals surface area contributed by atoms with Crippen molar-refractivity contribution in [1.29, 1.82) is 0 Å². The summed E-state index contributed by atoms with van der Waals surface area (Å²) in [6, 6.07) is 10.7. The molecular formula is C12H11ClN2. The lowest BCUT2D eigenvalue weighted by Gasteiger charge is -2.08. The molecule has 3 heteroatoms. The van der Waals surface area contributed by atoms with E-state index in [1.165, 1.54) is 12.8 Å². The van der Waals surface area contributed by atoms with Crippen molar-refractivity contribution in [3.63, 3.8) is 0 Å². The van der Waals surface area contributed by atoms with Crippen LogP contribution in [0.15, 0.2) is 30.3 Å². The number of rotatable bonds is 2. The largest absolute Gasteiger partial charge is 0.367 e. The monoisotopic (exact) mass is 218 g/mol. The number of hydrogen-bond acceptors (Lipinski definition) is 2. The first-order valence-corrected chi connectivity index (χ1v) is 5.52. The van der Waals surface area contributed by atoms with Crippen LogP contribution in [0.3, 0.4) is 0 Å². The van der Waals surface area contributed by atoms with E-state index in [1.54, 1.807) is 0 Å². The second-order valence-corrected chi connectivity index (χ2v) is 4.32. The van der Waals surface area contributed by atoms with E-state index < -0.39 is 0 Å². The molecule has 76 valence electrons. The van der Waals surface area contributed by atoms with E-state index in [-0.39, 0.29) is 0 Å². The highest BCUT2D eigenvalue weighted by molar-refractivity contribution is 6.30. The second kappa shape index (κ2) is 3.38. The predicted molar refractivity (Wildman–Crippen MR) is 63.4 cm³/mol. The Kier molecular flexibility index (Phi) is 2.03. The van der Waals surface area contributed by atoms with Gasteiger partial charge in [-0.1, -0.05) is 35.9 Å². The highest BCUT2D eigenvalue weighted by Crippen LogP contribution is 2.29. The Balaban J connectivity index is 2.16. The number of pyridine rings is 1. The van der Waals surface area contributed by atoms with Crippen molar-refractivity contribution in [1.82, 2.24) is 4.98 Å². The molecule has 3 rings (SSSR count). The zero-order valence-electron chi connectivity index (χ0n) is 8.20. The van der Waals surface area contributed by atoms with Crippen LogP contribution in [0.1, 0.15) is 12.8 Å². The zero-order chi connectivity index (χ0) is 10.3. The highest BCUT2D eigenvalue weighted by Gasteiger charge is 2.22. The quantitative estimate of drug-likeness (QED) is 0.781. The third kappa shape index (κ3) is 1.77. The van der Waals surface area contributed by atoms with E-state index in [9.17, 15) is 0 Å². The van der Waals surface area contributed by atoms with Crippen LogP contribution in [0, 0.1) is 0 Å². The molecule has 1 aliphatic rings. The third-order valence-corrected chi connectivity index (χ3v) is 2.82. The van der Waals surface area contributed by atoms with Crippen LogP contribution in [0.2, 0.25) is 5.15 Å². The Labute approximate surface area is 93.3 Å². The van der Waals surface area contributed by atoms with E-state index in [0.717, 1.165) is 16.6 Å². The maximum atomic E-state index is 5.98. The van der Waals surface area contributed by atoms with Crippen LogP contribution in [0.4, 0.5) is 5.82 Å². The van der Waals surface area contributed by atoms with Gasteiger partial charge < -0.3 is 5.32 Å². The Morgan fingerprint density at radius 1 is 1.27 bits per heavy atom. The van der Waals surface area contributed by atoms with Crippen LogP contribution in [-0.2, 0) is 0 Å². The van der Waals surface area contributed by atoms with Gasteiger partial charge in [0.05, 0.1) is 0 Å². The van der Waals surface area contributed by atoms with Gasteiger partial charge in [0.2, 0.25) is 0 Å². The van der Waals surface area contributed by atoms with Crippen LogP contribution in [0.5, 0.6) is 0 Å². The predicted octanol–water partition coefficient (Wildman–Crippen LogP) is 3.46. The minimum absolute atomic E-state index is 0.553. The van der Waals surface area contributed by atoms with Crippen molar-refractivity contribution in [3.8, 4) is 0 Å². The summed E-state index contributed by atoms with van der Waals surface area (Å²) in [5, 5.41) is 6.24. The van der Waals surface area contributed by atoms with Crippen LogP contribution in [0.25, 0.3) is 10.8 Å². The molecule has 1 heterocycles. The normalized spacial score (nSPS) is 15.5. The molecule has 0 bridgehead atoms. The van der Waals surface area contributed by atoms with Crippen molar-refractivity contribution < 1.29 is 0 Å². The molecule has 1 aromatic carbocycles. The van der Waals surface area contributed by atoms with E-state index in [0.29, 0.717) is 11.2 Å². The van der Waals surface area contributed by atoms with E-state index in [1.807, 2.05) is 18.2 Å². The molecule has 1 N–H and O–H groups in total. The maximum absolute atomic E-state index is 5.98. The van der Waals surface area contributed by atoms with Crippen LogP contribution >= 0.6 is 11.6 Å². The summed E-state index contributed by atoms with van der Waals surface area (Å²) in [5.41, 5.74) is 0. The molecule has 0 atom stereocenters. The van der Waals surface area contributed by atoms with Gasteiger partial charge in [-0.25, -0.2) is 4.98 Å².